The number of halogens is 2. The first-order valence-electron chi connectivity index (χ1n) is 14.9. The van der Waals surface area contributed by atoms with Crippen molar-refractivity contribution in [1.29, 1.82) is 0 Å². The summed E-state index contributed by atoms with van der Waals surface area (Å²) in [4.78, 5) is 0. The molecule has 34 heavy (non-hydrogen) atoms. The fraction of sp³-hybridized carbons (Fsp3) is 0.871. The second kappa shape index (κ2) is 16.1. The van der Waals surface area contributed by atoms with E-state index in [1.54, 1.807) is 0 Å². The zero-order valence-electron chi connectivity index (χ0n) is 22.0. The van der Waals surface area contributed by atoms with E-state index in [4.69, 9.17) is 4.74 Å². The Balaban J connectivity index is 1.18. The first-order valence-corrected chi connectivity index (χ1v) is 14.9. The number of rotatable bonds is 13. The standard InChI is InChI=1S/C31H52F2O/c1-2-3-4-12-28-20-23-30(34-24-28)29-21-18-27(19-22-29)10-6-5-9-25-14-16-26(17-15-25)11-7-8-13-31(32)33/h4,12-13,25-30H,2-3,5-11,14-24H2,1H3/b12-4+. The highest BCUT2D eigenvalue weighted by atomic mass is 19.3. The predicted octanol–water partition coefficient (Wildman–Crippen LogP) is 10.3. The summed E-state index contributed by atoms with van der Waals surface area (Å²) in [6, 6.07) is 0. The van der Waals surface area contributed by atoms with E-state index in [1.807, 2.05) is 0 Å². The summed E-state index contributed by atoms with van der Waals surface area (Å²) in [7, 11) is 0. The molecule has 2 aliphatic carbocycles. The molecule has 0 aromatic carbocycles. The number of unbranched alkanes of at least 4 members (excludes halogenated alkanes) is 3. The van der Waals surface area contributed by atoms with Crippen LogP contribution in [0.15, 0.2) is 24.3 Å². The molecule has 0 amide bonds. The van der Waals surface area contributed by atoms with Gasteiger partial charge in [0.05, 0.1) is 12.7 Å². The van der Waals surface area contributed by atoms with Gasteiger partial charge in [0.25, 0.3) is 6.08 Å². The lowest BCUT2D eigenvalue weighted by Gasteiger charge is -2.37. The van der Waals surface area contributed by atoms with Crippen LogP contribution in [0.25, 0.3) is 0 Å². The fourth-order valence-electron chi connectivity index (χ4n) is 6.91. The molecule has 3 fully saturated rings. The Morgan fingerprint density at radius 3 is 1.85 bits per heavy atom. The van der Waals surface area contributed by atoms with Crippen molar-refractivity contribution in [1.82, 2.24) is 0 Å². The minimum absolute atomic E-state index is 0.535. The minimum Gasteiger partial charge on any atom is -0.377 e. The third kappa shape index (κ3) is 10.5. The van der Waals surface area contributed by atoms with E-state index in [0.29, 0.717) is 18.4 Å². The third-order valence-electron chi connectivity index (χ3n) is 9.18. The maximum atomic E-state index is 12.1. The molecule has 2 atom stereocenters. The average Bonchev–Trinajstić information content (AvgIpc) is 2.86. The van der Waals surface area contributed by atoms with Crippen LogP contribution in [0.4, 0.5) is 8.78 Å². The van der Waals surface area contributed by atoms with Crippen LogP contribution in [-0.2, 0) is 4.74 Å². The zero-order valence-corrected chi connectivity index (χ0v) is 22.0. The van der Waals surface area contributed by atoms with Crippen LogP contribution in [0.1, 0.15) is 129 Å². The lowest BCUT2D eigenvalue weighted by Crippen LogP contribution is -2.33. The minimum atomic E-state index is -1.51. The quantitative estimate of drug-likeness (QED) is 0.189. The van der Waals surface area contributed by atoms with Crippen LogP contribution in [0.2, 0.25) is 0 Å². The summed E-state index contributed by atoms with van der Waals surface area (Å²) in [6.07, 6.45) is 29.3. The monoisotopic (exact) mass is 478 g/mol. The van der Waals surface area contributed by atoms with Gasteiger partial charge in [0, 0.05) is 5.92 Å². The third-order valence-corrected chi connectivity index (χ3v) is 9.18. The van der Waals surface area contributed by atoms with Crippen molar-refractivity contribution in [3.05, 3.63) is 24.3 Å². The van der Waals surface area contributed by atoms with Crippen molar-refractivity contribution in [3.8, 4) is 0 Å². The molecule has 1 aliphatic heterocycles. The van der Waals surface area contributed by atoms with Gasteiger partial charge in [0.1, 0.15) is 0 Å². The van der Waals surface area contributed by atoms with E-state index in [2.05, 4.69) is 19.1 Å². The molecule has 1 saturated heterocycles. The Morgan fingerprint density at radius 2 is 1.32 bits per heavy atom. The highest BCUT2D eigenvalue weighted by Crippen LogP contribution is 2.39. The van der Waals surface area contributed by atoms with E-state index >= 15 is 0 Å². The molecule has 3 rings (SSSR count). The predicted molar refractivity (Wildman–Crippen MR) is 140 cm³/mol. The number of allylic oxidation sites excluding steroid dienone is 2. The van der Waals surface area contributed by atoms with Crippen molar-refractivity contribution < 1.29 is 13.5 Å². The number of hydrogen-bond donors (Lipinski definition) is 0. The van der Waals surface area contributed by atoms with Crippen LogP contribution < -0.4 is 0 Å². The number of hydrogen-bond acceptors (Lipinski definition) is 1. The maximum Gasteiger partial charge on any atom is 0.266 e. The van der Waals surface area contributed by atoms with E-state index in [0.717, 1.165) is 49.2 Å². The fourth-order valence-corrected chi connectivity index (χ4v) is 6.91. The molecule has 0 bridgehead atoms. The largest absolute Gasteiger partial charge is 0.377 e. The van der Waals surface area contributed by atoms with Crippen molar-refractivity contribution in [2.75, 3.05) is 6.61 Å². The molecule has 3 heteroatoms. The van der Waals surface area contributed by atoms with E-state index in [1.165, 1.54) is 103 Å². The maximum absolute atomic E-state index is 12.1. The van der Waals surface area contributed by atoms with Crippen LogP contribution in [0.5, 0.6) is 0 Å². The molecule has 0 N–H and O–H groups in total. The Hall–Kier alpha value is -0.700. The van der Waals surface area contributed by atoms with Gasteiger partial charge in [0.15, 0.2) is 0 Å². The molecule has 1 heterocycles. The van der Waals surface area contributed by atoms with Gasteiger partial charge in [-0.2, -0.15) is 8.78 Å². The zero-order chi connectivity index (χ0) is 24.0. The van der Waals surface area contributed by atoms with Gasteiger partial charge in [-0.15, -0.1) is 0 Å². The van der Waals surface area contributed by atoms with Gasteiger partial charge in [-0.05, 0) is 74.7 Å². The summed E-state index contributed by atoms with van der Waals surface area (Å²) >= 11 is 0. The van der Waals surface area contributed by atoms with Crippen LogP contribution in [0.3, 0.4) is 0 Å². The molecule has 1 nitrogen and oxygen atoms in total. The first kappa shape index (κ1) is 27.9. The Labute approximate surface area is 209 Å². The Bertz CT molecular complexity index is 572. The molecule has 196 valence electrons. The van der Waals surface area contributed by atoms with Crippen molar-refractivity contribution in [2.24, 2.45) is 29.6 Å². The van der Waals surface area contributed by atoms with E-state index in [9.17, 15) is 8.78 Å². The summed E-state index contributed by atoms with van der Waals surface area (Å²) < 4.78 is 30.6. The van der Waals surface area contributed by atoms with Gasteiger partial charge in [-0.1, -0.05) is 96.1 Å². The molecule has 0 aromatic heterocycles. The summed E-state index contributed by atoms with van der Waals surface area (Å²) in [6.45, 7) is 3.19. The van der Waals surface area contributed by atoms with Gasteiger partial charge in [-0.25, -0.2) is 0 Å². The van der Waals surface area contributed by atoms with Crippen LogP contribution >= 0.6 is 0 Å². The topological polar surface area (TPSA) is 9.23 Å². The Morgan fingerprint density at radius 1 is 0.735 bits per heavy atom. The van der Waals surface area contributed by atoms with Crippen molar-refractivity contribution >= 4 is 0 Å². The van der Waals surface area contributed by atoms with Gasteiger partial charge >= 0.3 is 0 Å². The second-order valence-electron chi connectivity index (χ2n) is 11.8. The first-order chi connectivity index (χ1) is 16.6. The SMILES string of the molecule is CCC/C=C/C1CCC(C2CCC(CCCCC3CCC(CCCC=C(F)F)CC3)CC2)OC1. The summed E-state index contributed by atoms with van der Waals surface area (Å²) in [5, 5.41) is 0. The smallest absolute Gasteiger partial charge is 0.266 e. The molecule has 2 saturated carbocycles. The van der Waals surface area contributed by atoms with Crippen molar-refractivity contribution in [3.63, 3.8) is 0 Å². The molecular formula is C31H52F2O. The van der Waals surface area contributed by atoms with E-state index < -0.39 is 6.08 Å². The van der Waals surface area contributed by atoms with Gasteiger partial charge in [-0.3, -0.25) is 0 Å². The highest BCUT2D eigenvalue weighted by molar-refractivity contribution is 4.92. The average molecular weight is 479 g/mol. The highest BCUT2D eigenvalue weighted by Gasteiger charge is 2.31. The lowest BCUT2D eigenvalue weighted by molar-refractivity contribution is -0.0494. The van der Waals surface area contributed by atoms with Gasteiger partial charge < -0.3 is 4.74 Å². The molecule has 0 spiro atoms. The second-order valence-corrected chi connectivity index (χ2v) is 11.8. The molecule has 3 aliphatic rings. The normalized spacial score (nSPS) is 32.7. The Kier molecular flexibility index (Phi) is 13.2. The lowest BCUT2D eigenvalue weighted by atomic mass is 9.75. The molecular weight excluding hydrogens is 426 g/mol. The van der Waals surface area contributed by atoms with Crippen LogP contribution in [0, 0.1) is 29.6 Å². The van der Waals surface area contributed by atoms with E-state index in [-0.39, 0.29) is 0 Å². The molecule has 0 radical (unpaired) electrons. The van der Waals surface area contributed by atoms with Crippen molar-refractivity contribution in [2.45, 2.75) is 135 Å². The molecule has 0 aromatic rings. The van der Waals surface area contributed by atoms with Crippen LogP contribution in [-0.4, -0.2) is 12.7 Å². The summed E-state index contributed by atoms with van der Waals surface area (Å²) in [5.74, 6) is 4.16. The number of ether oxygens (including phenoxy) is 1. The summed E-state index contributed by atoms with van der Waals surface area (Å²) in [5.41, 5.74) is 0. The molecule has 2 unspecified atom stereocenters. The van der Waals surface area contributed by atoms with Gasteiger partial charge in [0.2, 0.25) is 0 Å².